The van der Waals surface area contributed by atoms with Gasteiger partial charge >= 0.3 is 0 Å². The second kappa shape index (κ2) is 11.2. The van der Waals surface area contributed by atoms with E-state index in [1.165, 1.54) is 24.3 Å². The van der Waals surface area contributed by atoms with Gasteiger partial charge in [-0.25, -0.2) is 9.37 Å². The minimum absolute atomic E-state index is 0.259. The number of fused-ring (bicyclic) bond motifs is 1. The molecular weight excluding hydrogens is 574 g/mol. The summed E-state index contributed by atoms with van der Waals surface area (Å²) < 4.78 is 25.3. The molecule has 4 rings (SSSR count). The number of aromatic amines is 1. The van der Waals surface area contributed by atoms with Crippen molar-refractivity contribution in [2.75, 3.05) is 18.5 Å². The van der Waals surface area contributed by atoms with Crippen LogP contribution < -0.4 is 14.8 Å². The van der Waals surface area contributed by atoms with Gasteiger partial charge < -0.3 is 19.8 Å². The molecule has 0 bridgehead atoms. The van der Waals surface area contributed by atoms with Crippen LogP contribution in [0, 0.1) is 27.6 Å². The number of H-pyrrole nitrogens is 1. The fourth-order valence-corrected chi connectivity index (χ4v) is 4.29. The number of halogens is 2. The van der Waals surface area contributed by atoms with E-state index < -0.39 is 5.91 Å². The number of allylic oxidation sites excluding steroid dienone is 1. The maximum Gasteiger partial charge on any atom is 0.262 e. The summed E-state index contributed by atoms with van der Waals surface area (Å²) in [4.78, 5) is 20.1. The lowest BCUT2D eigenvalue weighted by atomic mass is 10.1. The number of hydrogen-bond acceptors (Lipinski definition) is 5. The van der Waals surface area contributed by atoms with Crippen LogP contribution in [0.4, 0.5) is 10.1 Å². The molecular formula is C27H22FIN4O3. The first-order valence-corrected chi connectivity index (χ1v) is 12.2. The van der Waals surface area contributed by atoms with Crippen molar-refractivity contribution in [3.05, 3.63) is 80.9 Å². The fourth-order valence-electron chi connectivity index (χ4n) is 3.51. The van der Waals surface area contributed by atoms with Crippen LogP contribution in [-0.2, 0) is 4.79 Å². The lowest BCUT2D eigenvalue weighted by Crippen LogP contribution is -2.20. The van der Waals surface area contributed by atoms with E-state index in [-0.39, 0.29) is 12.4 Å². The Balaban J connectivity index is 1.56. The molecule has 0 saturated heterocycles. The van der Waals surface area contributed by atoms with Gasteiger partial charge in [0, 0.05) is 5.69 Å². The number of nitriles is 1. The number of benzene rings is 3. The Labute approximate surface area is 221 Å². The van der Waals surface area contributed by atoms with Crippen LogP contribution in [-0.4, -0.2) is 29.1 Å². The van der Waals surface area contributed by atoms with Crippen molar-refractivity contribution in [1.82, 2.24) is 9.97 Å². The van der Waals surface area contributed by atoms with E-state index in [1.807, 2.05) is 38.1 Å². The van der Waals surface area contributed by atoms with Gasteiger partial charge in [0.15, 0.2) is 18.1 Å². The predicted octanol–water partition coefficient (Wildman–Crippen LogP) is 6.10. The molecule has 0 spiro atoms. The first-order chi connectivity index (χ1) is 17.4. The highest BCUT2D eigenvalue weighted by molar-refractivity contribution is 14.1. The van der Waals surface area contributed by atoms with Crippen LogP contribution in [0.3, 0.4) is 0 Å². The van der Waals surface area contributed by atoms with Crippen molar-refractivity contribution >= 4 is 56.9 Å². The van der Waals surface area contributed by atoms with Crippen LogP contribution >= 0.6 is 22.6 Å². The minimum atomic E-state index is -0.393. The molecule has 9 heteroatoms. The summed E-state index contributed by atoms with van der Waals surface area (Å²) in [5.41, 5.74) is 4.30. The fraction of sp³-hybridized carbons (Fsp3) is 0.148. The van der Waals surface area contributed by atoms with Crippen molar-refractivity contribution in [2.24, 2.45) is 0 Å². The van der Waals surface area contributed by atoms with E-state index in [4.69, 9.17) is 9.47 Å². The second-order valence-corrected chi connectivity index (χ2v) is 9.04. The summed E-state index contributed by atoms with van der Waals surface area (Å²) in [7, 11) is 0. The van der Waals surface area contributed by atoms with E-state index in [0.717, 1.165) is 22.2 Å². The molecule has 1 heterocycles. The second-order valence-electron chi connectivity index (χ2n) is 7.88. The number of nitrogens with zero attached hydrogens (tertiary/aromatic N) is 2. The van der Waals surface area contributed by atoms with E-state index in [9.17, 15) is 14.4 Å². The van der Waals surface area contributed by atoms with Gasteiger partial charge in [-0.15, -0.1) is 0 Å². The molecule has 36 heavy (non-hydrogen) atoms. The zero-order valence-corrected chi connectivity index (χ0v) is 21.7. The number of rotatable bonds is 8. The maximum absolute atomic E-state index is 13.1. The van der Waals surface area contributed by atoms with E-state index in [2.05, 4.69) is 43.9 Å². The third-order valence-corrected chi connectivity index (χ3v) is 5.93. The highest BCUT2D eigenvalue weighted by atomic mass is 127. The lowest BCUT2D eigenvalue weighted by Gasteiger charge is -2.15. The average molecular weight is 596 g/mol. The predicted molar refractivity (Wildman–Crippen MR) is 145 cm³/mol. The molecule has 7 nitrogen and oxygen atoms in total. The number of ether oxygens (including phenoxy) is 2. The Hall–Kier alpha value is -3.91. The molecule has 0 unspecified atom stereocenters. The molecule has 1 aromatic heterocycles. The Bertz CT molecular complexity index is 1490. The SMILES string of the molecule is CCOc1cc(/C=C(/C#N)c2nc3ccc(C)cc3[nH]2)cc(I)c1OCC(=O)Nc1ccc(F)cc1. The summed E-state index contributed by atoms with van der Waals surface area (Å²) in [6.45, 7) is 3.96. The molecule has 0 aliphatic carbocycles. The van der Waals surface area contributed by atoms with Gasteiger partial charge in [0.25, 0.3) is 5.91 Å². The average Bonchev–Trinajstić information content (AvgIpc) is 3.26. The minimum Gasteiger partial charge on any atom is -0.490 e. The highest BCUT2D eigenvalue weighted by Gasteiger charge is 2.15. The number of amides is 1. The summed E-state index contributed by atoms with van der Waals surface area (Å²) >= 11 is 2.10. The number of hydrogen-bond donors (Lipinski definition) is 2. The van der Waals surface area contributed by atoms with Crippen LogP contribution in [0.5, 0.6) is 11.5 Å². The lowest BCUT2D eigenvalue weighted by molar-refractivity contribution is -0.118. The van der Waals surface area contributed by atoms with Gasteiger partial charge in [0.1, 0.15) is 17.7 Å². The molecule has 4 aromatic rings. The number of carbonyl (C=O) groups excluding carboxylic acids is 1. The molecule has 0 radical (unpaired) electrons. The Morgan fingerprint density at radius 3 is 2.69 bits per heavy atom. The molecule has 0 aliphatic rings. The Kier molecular flexibility index (Phi) is 7.85. The van der Waals surface area contributed by atoms with Crippen LogP contribution in [0.1, 0.15) is 23.9 Å². The standard InChI is InChI=1S/C27H22FIN4O3/c1-3-35-24-13-17(11-18(14-30)27-32-22-9-4-16(2)10-23(22)33-27)12-21(29)26(24)36-15-25(34)31-20-7-5-19(28)6-8-20/h4-13H,3,15H2,1-2H3,(H,31,34)(H,32,33)/b18-11-. The van der Waals surface area contributed by atoms with Crippen LogP contribution in [0.25, 0.3) is 22.7 Å². The van der Waals surface area contributed by atoms with Gasteiger partial charge in [0.05, 0.1) is 26.8 Å². The van der Waals surface area contributed by atoms with Crippen molar-refractivity contribution in [3.8, 4) is 17.6 Å². The molecule has 0 saturated carbocycles. The maximum atomic E-state index is 13.1. The molecule has 0 fully saturated rings. The summed E-state index contributed by atoms with van der Waals surface area (Å²) in [6, 6.07) is 17.1. The number of imidazole rings is 1. The van der Waals surface area contributed by atoms with Crippen LogP contribution in [0.15, 0.2) is 54.6 Å². The largest absolute Gasteiger partial charge is 0.490 e. The summed E-state index contributed by atoms with van der Waals surface area (Å²) in [5.74, 6) is 0.563. The van der Waals surface area contributed by atoms with Crippen molar-refractivity contribution in [2.45, 2.75) is 13.8 Å². The zero-order valence-electron chi connectivity index (χ0n) is 19.6. The van der Waals surface area contributed by atoms with E-state index in [1.54, 1.807) is 12.1 Å². The number of carbonyl (C=O) groups is 1. The van der Waals surface area contributed by atoms with Gasteiger partial charge in [0.2, 0.25) is 0 Å². The molecule has 0 atom stereocenters. The molecule has 3 aromatic carbocycles. The third kappa shape index (κ3) is 6.01. The highest BCUT2D eigenvalue weighted by Crippen LogP contribution is 2.35. The van der Waals surface area contributed by atoms with E-state index >= 15 is 0 Å². The summed E-state index contributed by atoms with van der Waals surface area (Å²) in [6.07, 6.45) is 1.72. The topological polar surface area (TPSA) is 100 Å². The third-order valence-electron chi connectivity index (χ3n) is 5.13. The summed E-state index contributed by atoms with van der Waals surface area (Å²) in [5, 5.41) is 12.5. The zero-order chi connectivity index (χ0) is 25.7. The number of anilines is 1. The Morgan fingerprint density at radius 1 is 1.19 bits per heavy atom. The van der Waals surface area contributed by atoms with Crippen molar-refractivity contribution < 1.29 is 18.7 Å². The number of aromatic nitrogens is 2. The van der Waals surface area contributed by atoms with Crippen molar-refractivity contribution in [3.63, 3.8) is 0 Å². The molecule has 182 valence electrons. The molecule has 2 N–H and O–H groups in total. The smallest absolute Gasteiger partial charge is 0.262 e. The van der Waals surface area contributed by atoms with Crippen molar-refractivity contribution in [1.29, 1.82) is 5.26 Å². The van der Waals surface area contributed by atoms with Gasteiger partial charge in [-0.1, -0.05) is 6.07 Å². The first kappa shape index (κ1) is 25.2. The number of nitrogens with one attached hydrogen (secondary N) is 2. The normalized spacial score (nSPS) is 11.2. The molecule has 1 amide bonds. The van der Waals surface area contributed by atoms with Gasteiger partial charge in [-0.05, 0) is 102 Å². The van der Waals surface area contributed by atoms with E-state index in [0.29, 0.717) is 38.8 Å². The van der Waals surface area contributed by atoms with Gasteiger partial charge in [-0.2, -0.15) is 5.26 Å². The Morgan fingerprint density at radius 2 is 1.97 bits per heavy atom. The monoisotopic (exact) mass is 596 g/mol. The van der Waals surface area contributed by atoms with Crippen LogP contribution in [0.2, 0.25) is 0 Å². The number of aryl methyl sites for hydroxylation is 1. The molecule has 0 aliphatic heterocycles. The quantitative estimate of drug-likeness (QED) is 0.189. The van der Waals surface area contributed by atoms with Gasteiger partial charge in [-0.3, -0.25) is 4.79 Å². The first-order valence-electron chi connectivity index (χ1n) is 11.1.